The van der Waals surface area contributed by atoms with E-state index < -0.39 is 24.2 Å². The summed E-state index contributed by atoms with van der Waals surface area (Å²) in [7, 11) is 3.09. The van der Waals surface area contributed by atoms with E-state index in [1.54, 1.807) is 79.5 Å². The highest BCUT2D eigenvalue weighted by Gasteiger charge is 2.35. The highest BCUT2D eigenvalue weighted by atomic mass is 19.1. The van der Waals surface area contributed by atoms with Crippen molar-refractivity contribution in [3.63, 3.8) is 0 Å². The van der Waals surface area contributed by atoms with Gasteiger partial charge in [0.05, 0.1) is 43.4 Å². The number of nitrogens with one attached hydrogen (secondary N) is 2. The second-order valence-corrected chi connectivity index (χ2v) is 10.9. The Morgan fingerprint density at radius 2 is 1.94 bits per heavy atom. The number of nitrogens with zero attached hydrogens (tertiary/aromatic N) is 7. The SMILES string of the molecule is COc1ccc(CNC(=O)c2ccc(-n3cnc4cc(N[C@H]5CN(C(=O)O)C[C@H]5F)ccc43)nc2-n2nc(C#N)cc2C)c(OC)c1. The van der Waals surface area contributed by atoms with Crippen LogP contribution in [0.15, 0.2) is 60.9 Å². The molecule has 0 spiro atoms. The van der Waals surface area contributed by atoms with Crippen LogP contribution >= 0.6 is 0 Å². The van der Waals surface area contributed by atoms with Gasteiger partial charge in [-0.15, -0.1) is 0 Å². The Morgan fingerprint density at radius 1 is 1.11 bits per heavy atom. The largest absolute Gasteiger partial charge is 0.497 e. The Balaban J connectivity index is 1.31. The molecule has 5 aromatic rings. The van der Waals surface area contributed by atoms with E-state index in [1.165, 1.54) is 11.8 Å². The summed E-state index contributed by atoms with van der Waals surface area (Å²) in [5, 5.41) is 29.0. The van der Waals surface area contributed by atoms with Crippen LogP contribution < -0.4 is 20.1 Å². The number of likely N-dealkylation sites (tertiary alicyclic amines) is 1. The number of hydrogen-bond donors (Lipinski definition) is 3. The van der Waals surface area contributed by atoms with Crippen molar-refractivity contribution in [3.05, 3.63) is 83.4 Å². The molecule has 14 nitrogen and oxygen atoms in total. The van der Waals surface area contributed by atoms with Gasteiger partial charge in [-0.05, 0) is 55.5 Å². The number of fused-ring (bicyclic) bond motifs is 1. The molecule has 1 aliphatic heterocycles. The van der Waals surface area contributed by atoms with Crippen LogP contribution in [0.5, 0.6) is 11.5 Å². The van der Waals surface area contributed by atoms with Gasteiger partial charge in [-0.3, -0.25) is 9.36 Å². The molecule has 4 heterocycles. The minimum absolute atomic E-state index is 0.0314. The van der Waals surface area contributed by atoms with Crippen molar-refractivity contribution in [3.8, 4) is 29.2 Å². The lowest BCUT2D eigenvalue weighted by Gasteiger charge is -2.16. The molecule has 0 unspecified atom stereocenters. The van der Waals surface area contributed by atoms with E-state index >= 15 is 0 Å². The number of carboxylic acid groups (broad SMARTS) is 1. The van der Waals surface area contributed by atoms with E-state index in [9.17, 15) is 24.3 Å². The molecule has 3 aromatic heterocycles. The van der Waals surface area contributed by atoms with Gasteiger partial charge in [0.1, 0.15) is 35.9 Å². The van der Waals surface area contributed by atoms with Gasteiger partial charge in [-0.25, -0.2) is 23.8 Å². The van der Waals surface area contributed by atoms with E-state index in [0.717, 1.165) is 10.5 Å². The Morgan fingerprint density at radius 3 is 2.64 bits per heavy atom. The number of ether oxygens (including phenoxy) is 2. The maximum atomic E-state index is 14.5. The number of methoxy groups -OCH3 is 2. The van der Waals surface area contributed by atoms with Gasteiger partial charge >= 0.3 is 6.09 Å². The standard InChI is InChI=1S/C32H30FN9O5/c1-18-10-21(13-34)39-42(18)30-23(31(43)35-14-19-4-6-22(46-2)12-28(19)47-3)7-9-29(38-30)41-17-36-25-11-20(5-8-27(25)41)37-26-16-40(32(44)45)15-24(26)33/h4-12,17,24,26,37H,14-16H2,1-3H3,(H,35,43)(H,44,45)/t24-,26+/m1/s1. The number of pyridine rings is 1. The molecule has 6 rings (SSSR count). The van der Waals surface area contributed by atoms with Crippen LogP contribution in [0, 0.1) is 18.3 Å². The van der Waals surface area contributed by atoms with Gasteiger partial charge in [0.2, 0.25) is 0 Å². The van der Waals surface area contributed by atoms with Crippen molar-refractivity contribution < 1.29 is 28.6 Å². The van der Waals surface area contributed by atoms with E-state index in [2.05, 4.69) is 20.7 Å². The van der Waals surface area contributed by atoms with Crippen molar-refractivity contribution in [2.75, 3.05) is 32.6 Å². The Labute approximate surface area is 268 Å². The summed E-state index contributed by atoms with van der Waals surface area (Å²) in [5.41, 5.74) is 3.59. The predicted octanol–water partition coefficient (Wildman–Crippen LogP) is 3.85. The van der Waals surface area contributed by atoms with E-state index in [0.29, 0.717) is 39.7 Å². The second kappa shape index (κ2) is 12.7. The third kappa shape index (κ3) is 6.08. The quantitative estimate of drug-likeness (QED) is 0.215. The summed E-state index contributed by atoms with van der Waals surface area (Å²) < 4.78 is 28.4. The molecule has 2 atom stereocenters. The van der Waals surface area contributed by atoms with Crippen molar-refractivity contribution in [2.45, 2.75) is 25.7 Å². The Kier molecular flexibility index (Phi) is 8.32. The zero-order valence-electron chi connectivity index (χ0n) is 25.6. The molecule has 0 bridgehead atoms. The minimum Gasteiger partial charge on any atom is -0.497 e. The van der Waals surface area contributed by atoms with Crippen molar-refractivity contribution in [1.29, 1.82) is 5.26 Å². The topological polar surface area (TPSA) is 172 Å². The number of benzene rings is 2. The van der Waals surface area contributed by atoms with Crippen LogP contribution in [0.4, 0.5) is 14.9 Å². The lowest BCUT2D eigenvalue weighted by molar-refractivity contribution is 0.0950. The fourth-order valence-electron chi connectivity index (χ4n) is 5.48. The van der Waals surface area contributed by atoms with Crippen molar-refractivity contribution in [1.82, 2.24) is 34.5 Å². The van der Waals surface area contributed by atoms with Crippen LogP contribution in [0.25, 0.3) is 22.7 Å². The number of aryl methyl sites for hydroxylation is 1. The summed E-state index contributed by atoms with van der Waals surface area (Å²) in [5.74, 6) is 1.40. The molecule has 0 aliphatic carbocycles. The molecule has 15 heteroatoms. The number of hydrogen-bond acceptors (Lipinski definition) is 9. The molecule has 3 N–H and O–H groups in total. The van der Waals surface area contributed by atoms with E-state index in [-0.39, 0.29) is 36.7 Å². The monoisotopic (exact) mass is 639 g/mol. The van der Waals surface area contributed by atoms with Crippen LogP contribution in [-0.2, 0) is 6.54 Å². The number of rotatable bonds is 9. The first-order chi connectivity index (χ1) is 22.7. The van der Waals surface area contributed by atoms with Crippen LogP contribution in [0.1, 0.15) is 27.3 Å². The number of carbonyl (C=O) groups excluding carboxylic acids is 1. The summed E-state index contributed by atoms with van der Waals surface area (Å²) in [6.07, 6.45) is -0.927. The summed E-state index contributed by atoms with van der Waals surface area (Å²) >= 11 is 0. The molecule has 2 aromatic carbocycles. The first-order valence-electron chi connectivity index (χ1n) is 14.5. The van der Waals surface area contributed by atoms with Gasteiger partial charge in [0, 0.05) is 36.1 Å². The number of halogens is 1. The van der Waals surface area contributed by atoms with E-state index in [4.69, 9.17) is 14.5 Å². The van der Waals surface area contributed by atoms with Crippen LogP contribution in [0.2, 0.25) is 0 Å². The number of imidazole rings is 1. The second-order valence-electron chi connectivity index (χ2n) is 10.9. The number of carbonyl (C=O) groups is 2. The number of amides is 2. The van der Waals surface area contributed by atoms with Gasteiger partial charge in [-0.2, -0.15) is 10.4 Å². The summed E-state index contributed by atoms with van der Waals surface area (Å²) in [6.45, 7) is 1.77. The smallest absolute Gasteiger partial charge is 0.407 e. The number of anilines is 1. The van der Waals surface area contributed by atoms with Crippen molar-refractivity contribution in [2.24, 2.45) is 0 Å². The third-order valence-electron chi connectivity index (χ3n) is 7.91. The lowest BCUT2D eigenvalue weighted by Crippen LogP contribution is -2.31. The zero-order chi connectivity index (χ0) is 33.2. The van der Waals surface area contributed by atoms with Crippen LogP contribution in [0.3, 0.4) is 0 Å². The van der Waals surface area contributed by atoms with Gasteiger partial charge in [0.25, 0.3) is 5.91 Å². The highest BCUT2D eigenvalue weighted by molar-refractivity contribution is 5.97. The first kappa shape index (κ1) is 30.8. The fraction of sp³-hybridized carbons (Fsp3) is 0.250. The average molecular weight is 640 g/mol. The molecule has 0 radical (unpaired) electrons. The zero-order valence-corrected chi connectivity index (χ0v) is 25.6. The highest BCUT2D eigenvalue weighted by Crippen LogP contribution is 2.27. The third-order valence-corrected chi connectivity index (χ3v) is 7.91. The Hall–Kier alpha value is -6.17. The summed E-state index contributed by atoms with van der Waals surface area (Å²) in [6, 6.07) is 16.8. The molecule has 1 saturated heterocycles. The number of alkyl halides is 1. The maximum absolute atomic E-state index is 14.5. The molecule has 0 saturated carbocycles. The minimum atomic E-state index is -1.34. The lowest BCUT2D eigenvalue weighted by atomic mass is 10.1. The molecule has 2 amide bonds. The average Bonchev–Trinajstić information content (AvgIpc) is 3.79. The van der Waals surface area contributed by atoms with Gasteiger partial charge < -0.3 is 30.1 Å². The molecule has 240 valence electrons. The predicted molar refractivity (Wildman–Crippen MR) is 168 cm³/mol. The molecular formula is C32H30FN9O5. The Bertz CT molecular complexity index is 2040. The van der Waals surface area contributed by atoms with Crippen LogP contribution in [-0.4, -0.2) is 85.8 Å². The van der Waals surface area contributed by atoms with Gasteiger partial charge in [0.15, 0.2) is 11.5 Å². The van der Waals surface area contributed by atoms with Crippen molar-refractivity contribution >= 4 is 28.7 Å². The first-order valence-corrected chi connectivity index (χ1v) is 14.5. The number of nitriles is 1. The fourth-order valence-corrected chi connectivity index (χ4v) is 5.48. The van der Waals surface area contributed by atoms with Gasteiger partial charge in [-0.1, -0.05) is 0 Å². The molecule has 47 heavy (non-hydrogen) atoms. The molecule has 1 fully saturated rings. The molecule has 1 aliphatic rings. The normalized spacial score (nSPS) is 15.8. The van der Waals surface area contributed by atoms with E-state index in [1.807, 2.05) is 6.07 Å². The number of aromatic nitrogens is 5. The maximum Gasteiger partial charge on any atom is 0.407 e. The molecular weight excluding hydrogens is 609 g/mol. The summed E-state index contributed by atoms with van der Waals surface area (Å²) in [4.78, 5) is 35.2.